The molecule has 3 heteroatoms. The first-order valence-corrected chi connectivity index (χ1v) is 4.26. The van der Waals surface area contributed by atoms with Crippen LogP contribution in [0.15, 0.2) is 30.5 Å². The average molecular weight is 171 g/mol. The Morgan fingerprint density at radius 3 is 3.08 bits per heavy atom. The molecule has 13 heavy (non-hydrogen) atoms. The van der Waals surface area contributed by atoms with Gasteiger partial charge in [0.15, 0.2) is 0 Å². The van der Waals surface area contributed by atoms with Crippen LogP contribution in [0.1, 0.15) is 11.4 Å². The molecule has 0 unspecified atom stereocenters. The minimum atomic E-state index is 0.722. The normalized spacial score (nSPS) is 12.6. The Bertz CT molecular complexity index is 471. The van der Waals surface area contributed by atoms with Gasteiger partial charge in [-0.3, -0.25) is 4.57 Å². The lowest BCUT2D eigenvalue weighted by Gasteiger charge is -2.02. The molecule has 2 heterocycles. The van der Waals surface area contributed by atoms with E-state index in [4.69, 9.17) is 5.73 Å². The van der Waals surface area contributed by atoms with Crippen molar-refractivity contribution in [1.29, 1.82) is 0 Å². The SMILES string of the molecule is Nc1cnc2n1-c1ccccc1C2. The molecule has 1 aliphatic heterocycles. The molecule has 1 aromatic carbocycles. The summed E-state index contributed by atoms with van der Waals surface area (Å²) in [6.07, 6.45) is 2.61. The zero-order valence-electron chi connectivity index (χ0n) is 7.07. The maximum absolute atomic E-state index is 5.81. The number of nitrogen functional groups attached to an aromatic ring is 1. The lowest BCUT2D eigenvalue weighted by atomic mass is 10.1. The molecule has 0 atom stereocenters. The molecule has 0 saturated carbocycles. The zero-order valence-corrected chi connectivity index (χ0v) is 7.07. The highest BCUT2D eigenvalue weighted by molar-refractivity contribution is 5.54. The van der Waals surface area contributed by atoms with Crippen molar-refractivity contribution < 1.29 is 0 Å². The third-order valence-corrected chi connectivity index (χ3v) is 2.44. The number of hydrogen-bond acceptors (Lipinski definition) is 2. The molecule has 0 aliphatic carbocycles. The van der Waals surface area contributed by atoms with E-state index in [0.29, 0.717) is 0 Å². The van der Waals surface area contributed by atoms with Gasteiger partial charge in [-0.2, -0.15) is 0 Å². The highest BCUT2D eigenvalue weighted by Gasteiger charge is 2.19. The van der Waals surface area contributed by atoms with Crippen molar-refractivity contribution in [1.82, 2.24) is 9.55 Å². The third kappa shape index (κ3) is 0.758. The summed E-state index contributed by atoms with van der Waals surface area (Å²) in [6, 6.07) is 8.25. The molecular weight excluding hydrogens is 162 g/mol. The highest BCUT2D eigenvalue weighted by atomic mass is 15.2. The second kappa shape index (κ2) is 2.13. The van der Waals surface area contributed by atoms with Gasteiger partial charge in [-0.1, -0.05) is 18.2 Å². The van der Waals surface area contributed by atoms with Crippen molar-refractivity contribution in [3.8, 4) is 5.69 Å². The van der Waals surface area contributed by atoms with E-state index in [1.807, 2.05) is 16.7 Å². The van der Waals surface area contributed by atoms with Crippen LogP contribution in [0, 0.1) is 0 Å². The molecule has 0 fully saturated rings. The number of para-hydroxylation sites is 1. The number of nitrogens with two attached hydrogens (primary N) is 1. The topological polar surface area (TPSA) is 43.8 Å². The number of imidazole rings is 1. The van der Waals surface area contributed by atoms with E-state index in [9.17, 15) is 0 Å². The van der Waals surface area contributed by atoms with Gasteiger partial charge in [-0.15, -0.1) is 0 Å². The van der Waals surface area contributed by atoms with E-state index < -0.39 is 0 Å². The Morgan fingerprint density at radius 2 is 2.15 bits per heavy atom. The van der Waals surface area contributed by atoms with Crippen molar-refractivity contribution in [2.45, 2.75) is 6.42 Å². The quantitative estimate of drug-likeness (QED) is 0.555. The highest BCUT2D eigenvalue weighted by Crippen LogP contribution is 2.28. The predicted octanol–water partition coefficient (Wildman–Crippen LogP) is 1.36. The van der Waals surface area contributed by atoms with Gasteiger partial charge in [0.25, 0.3) is 0 Å². The van der Waals surface area contributed by atoms with Gasteiger partial charge in [0, 0.05) is 6.42 Å². The maximum Gasteiger partial charge on any atom is 0.128 e. The number of hydrogen-bond donors (Lipinski definition) is 1. The standard InChI is InChI=1S/C10H9N3/c11-9-6-12-10-5-7-3-1-2-4-8(7)13(9)10/h1-4,6H,5,11H2. The van der Waals surface area contributed by atoms with E-state index >= 15 is 0 Å². The van der Waals surface area contributed by atoms with E-state index in [2.05, 4.69) is 17.1 Å². The predicted molar refractivity (Wildman–Crippen MR) is 50.8 cm³/mol. The van der Waals surface area contributed by atoms with E-state index in [1.54, 1.807) is 6.20 Å². The Labute approximate surface area is 75.8 Å². The zero-order chi connectivity index (χ0) is 8.84. The monoisotopic (exact) mass is 171 g/mol. The van der Waals surface area contributed by atoms with Crippen LogP contribution in [0.5, 0.6) is 0 Å². The minimum absolute atomic E-state index is 0.722. The van der Waals surface area contributed by atoms with Gasteiger partial charge in [0.2, 0.25) is 0 Å². The summed E-state index contributed by atoms with van der Waals surface area (Å²) in [7, 11) is 0. The molecule has 0 amide bonds. The summed E-state index contributed by atoms with van der Waals surface area (Å²) >= 11 is 0. The first-order chi connectivity index (χ1) is 6.36. The van der Waals surface area contributed by atoms with Gasteiger partial charge in [-0.25, -0.2) is 4.98 Å². The van der Waals surface area contributed by atoms with Crippen LogP contribution in [0.25, 0.3) is 5.69 Å². The first-order valence-electron chi connectivity index (χ1n) is 4.26. The van der Waals surface area contributed by atoms with Gasteiger partial charge in [-0.05, 0) is 11.6 Å². The Kier molecular flexibility index (Phi) is 1.10. The largest absolute Gasteiger partial charge is 0.383 e. The van der Waals surface area contributed by atoms with E-state index in [-0.39, 0.29) is 0 Å². The Balaban J connectivity index is 2.35. The van der Waals surface area contributed by atoms with Crippen molar-refractivity contribution >= 4 is 5.82 Å². The smallest absolute Gasteiger partial charge is 0.128 e. The fraction of sp³-hybridized carbons (Fsp3) is 0.100. The van der Waals surface area contributed by atoms with Crippen molar-refractivity contribution in [3.63, 3.8) is 0 Å². The molecule has 64 valence electrons. The van der Waals surface area contributed by atoms with Gasteiger partial charge >= 0.3 is 0 Å². The van der Waals surface area contributed by atoms with Gasteiger partial charge < -0.3 is 5.73 Å². The number of nitrogens with zero attached hydrogens (tertiary/aromatic N) is 2. The second-order valence-electron chi connectivity index (χ2n) is 3.24. The van der Waals surface area contributed by atoms with Crippen LogP contribution in [0.4, 0.5) is 5.82 Å². The molecule has 0 radical (unpaired) electrons. The van der Waals surface area contributed by atoms with Crippen molar-refractivity contribution in [3.05, 3.63) is 41.9 Å². The number of benzene rings is 1. The lowest BCUT2D eigenvalue weighted by molar-refractivity contribution is 1.00. The van der Waals surface area contributed by atoms with E-state index in [1.165, 1.54) is 11.3 Å². The number of anilines is 1. The van der Waals surface area contributed by atoms with Crippen molar-refractivity contribution in [2.75, 3.05) is 5.73 Å². The molecule has 0 spiro atoms. The van der Waals surface area contributed by atoms with Crippen LogP contribution >= 0.6 is 0 Å². The molecular formula is C10H9N3. The fourth-order valence-electron chi connectivity index (χ4n) is 1.86. The van der Waals surface area contributed by atoms with E-state index in [0.717, 1.165) is 18.1 Å². The molecule has 0 bridgehead atoms. The van der Waals surface area contributed by atoms with Crippen LogP contribution in [-0.2, 0) is 6.42 Å². The second-order valence-corrected chi connectivity index (χ2v) is 3.24. The summed E-state index contributed by atoms with van der Waals surface area (Å²) < 4.78 is 2.01. The Morgan fingerprint density at radius 1 is 1.31 bits per heavy atom. The summed E-state index contributed by atoms with van der Waals surface area (Å²) in [5, 5.41) is 0. The van der Waals surface area contributed by atoms with Gasteiger partial charge in [0.1, 0.15) is 11.6 Å². The molecule has 3 nitrogen and oxygen atoms in total. The Hall–Kier alpha value is -1.77. The van der Waals surface area contributed by atoms with Crippen LogP contribution in [-0.4, -0.2) is 9.55 Å². The van der Waals surface area contributed by atoms with Crippen molar-refractivity contribution in [2.24, 2.45) is 0 Å². The van der Waals surface area contributed by atoms with Crippen LogP contribution in [0.2, 0.25) is 0 Å². The summed E-state index contributed by atoms with van der Waals surface area (Å²) in [6.45, 7) is 0. The fourth-order valence-corrected chi connectivity index (χ4v) is 1.86. The molecule has 0 saturated heterocycles. The number of fused-ring (bicyclic) bond motifs is 3. The molecule has 1 aromatic heterocycles. The molecule has 3 rings (SSSR count). The molecule has 2 N–H and O–H groups in total. The molecule has 2 aromatic rings. The first kappa shape index (κ1) is 6.71. The summed E-state index contributed by atoms with van der Waals surface area (Å²) in [5.74, 6) is 1.76. The molecule has 1 aliphatic rings. The summed E-state index contributed by atoms with van der Waals surface area (Å²) in [5.41, 5.74) is 8.28. The average Bonchev–Trinajstić information content (AvgIpc) is 2.66. The van der Waals surface area contributed by atoms with Crippen LogP contribution in [0.3, 0.4) is 0 Å². The van der Waals surface area contributed by atoms with Crippen LogP contribution < -0.4 is 5.73 Å². The van der Waals surface area contributed by atoms with Gasteiger partial charge in [0.05, 0.1) is 11.9 Å². The maximum atomic E-state index is 5.81. The number of aromatic nitrogens is 2. The number of rotatable bonds is 0. The lowest BCUT2D eigenvalue weighted by Crippen LogP contribution is -1.97. The third-order valence-electron chi connectivity index (χ3n) is 2.44. The minimum Gasteiger partial charge on any atom is -0.383 e. The summed E-state index contributed by atoms with van der Waals surface area (Å²) in [4.78, 5) is 4.25.